The molecule has 0 aromatic heterocycles. The van der Waals surface area contributed by atoms with Gasteiger partial charge in [0.15, 0.2) is 11.5 Å². The number of benzene rings is 1. The third kappa shape index (κ3) is 2.41. The van der Waals surface area contributed by atoms with E-state index < -0.39 is 0 Å². The summed E-state index contributed by atoms with van der Waals surface area (Å²) in [5.41, 5.74) is 2.03. The fourth-order valence-electron chi connectivity index (χ4n) is 6.63. The van der Waals surface area contributed by atoms with Crippen molar-refractivity contribution in [2.45, 2.75) is 57.4 Å². The van der Waals surface area contributed by atoms with E-state index in [0.29, 0.717) is 35.8 Å². The van der Waals surface area contributed by atoms with Crippen molar-refractivity contribution in [2.75, 3.05) is 20.2 Å². The van der Waals surface area contributed by atoms with E-state index in [0.717, 1.165) is 30.9 Å². The first-order chi connectivity index (χ1) is 13.0. The van der Waals surface area contributed by atoms with Gasteiger partial charge in [-0.15, -0.1) is 0 Å². The first-order valence-electron chi connectivity index (χ1n) is 10.6. The molecule has 2 saturated carbocycles. The molecule has 1 heterocycles. The van der Waals surface area contributed by atoms with Crippen LogP contribution >= 0.6 is 0 Å². The zero-order valence-corrected chi connectivity index (χ0v) is 16.7. The third-order valence-corrected chi connectivity index (χ3v) is 8.28. The first kappa shape index (κ1) is 17.5. The molecule has 27 heavy (non-hydrogen) atoms. The molecule has 3 aliphatic carbocycles. The Morgan fingerprint density at radius 2 is 2.07 bits per heavy atom. The SMILES string of the molecule is COc1ccc2c(c1O)C13CCN(CC4CC4)C(C2)C1C(C)[C@H](C)C(=O)C3. The average Bonchev–Trinajstić information content (AvgIpc) is 3.46. The van der Waals surface area contributed by atoms with E-state index in [2.05, 4.69) is 24.8 Å². The summed E-state index contributed by atoms with van der Waals surface area (Å²) in [4.78, 5) is 15.7. The lowest BCUT2D eigenvalue weighted by Gasteiger charge is -2.61. The van der Waals surface area contributed by atoms with Crippen molar-refractivity contribution in [3.05, 3.63) is 23.3 Å². The summed E-state index contributed by atoms with van der Waals surface area (Å²) in [5.74, 6) is 2.95. The molecule has 1 N–H and O–H groups in total. The van der Waals surface area contributed by atoms with Crippen molar-refractivity contribution in [3.63, 3.8) is 0 Å². The largest absolute Gasteiger partial charge is 0.504 e. The Bertz CT molecular complexity index is 786. The number of hydrogen-bond acceptors (Lipinski definition) is 4. The molecule has 1 aromatic rings. The summed E-state index contributed by atoms with van der Waals surface area (Å²) >= 11 is 0. The van der Waals surface area contributed by atoms with Crippen LogP contribution in [0.2, 0.25) is 0 Å². The second kappa shape index (κ2) is 5.97. The van der Waals surface area contributed by atoms with Gasteiger partial charge in [0.1, 0.15) is 5.78 Å². The molecule has 4 heteroatoms. The number of Topliss-reactive ketones (excluding diaryl/α,β-unsaturated/α-hetero) is 1. The number of fused-ring (bicyclic) bond motifs is 1. The standard InChI is InChI=1S/C23H31NO3/c1-13-14(2)20-17-10-16-6-7-19(27-3)22(26)21(16)23(20,11-18(13)25)8-9-24(17)12-15-4-5-15/h6-7,13-15,17,20,26H,4-5,8-12H2,1-3H3/t13-,14?,17?,20?,23?/m0/s1. The number of nitrogens with zero attached hydrogens (tertiary/aromatic N) is 1. The highest BCUT2D eigenvalue weighted by atomic mass is 16.5. The zero-order chi connectivity index (χ0) is 18.9. The molecule has 4 aliphatic rings. The normalized spacial score (nSPS) is 38.3. The number of methoxy groups -OCH3 is 1. The van der Waals surface area contributed by atoms with Crippen LogP contribution in [0.3, 0.4) is 0 Å². The van der Waals surface area contributed by atoms with Gasteiger partial charge in [-0.05, 0) is 61.6 Å². The molecule has 0 radical (unpaired) electrons. The molecule has 0 amide bonds. The van der Waals surface area contributed by atoms with Crippen molar-refractivity contribution in [3.8, 4) is 11.5 Å². The van der Waals surface area contributed by atoms with Crippen molar-refractivity contribution in [1.29, 1.82) is 0 Å². The van der Waals surface area contributed by atoms with E-state index in [4.69, 9.17) is 4.74 Å². The maximum atomic E-state index is 13.0. The smallest absolute Gasteiger partial charge is 0.161 e. The van der Waals surface area contributed by atoms with Crippen molar-refractivity contribution >= 4 is 5.78 Å². The van der Waals surface area contributed by atoms with E-state index in [1.54, 1.807) is 7.11 Å². The molecule has 3 fully saturated rings. The first-order valence-corrected chi connectivity index (χ1v) is 10.6. The number of likely N-dealkylation sites (tertiary alicyclic amines) is 1. The maximum Gasteiger partial charge on any atom is 0.161 e. The second-order valence-electron chi connectivity index (χ2n) is 9.58. The average molecular weight is 370 g/mol. The van der Waals surface area contributed by atoms with E-state index in [9.17, 15) is 9.90 Å². The number of ketones is 1. The highest BCUT2D eigenvalue weighted by Crippen LogP contribution is 2.61. The van der Waals surface area contributed by atoms with Crippen molar-refractivity contribution < 1.29 is 14.6 Å². The van der Waals surface area contributed by atoms with Gasteiger partial charge < -0.3 is 9.84 Å². The van der Waals surface area contributed by atoms with Crippen LogP contribution in [0.1, 0.15) is 50.7 Å². The van der Waals surface area contributed by atoms with E-state index >= 15 is 0 Å². The lowest BCUT2D eigenvalue weighted by molar-refractivity contribution is -0.138. The lowest BCUT2D eigenvalue weighted by Crippen LogP contribution is -2.65. The van der Waals surface area contributed by atoms with Gasteiger partial charge in [0.05, 0.1) is 7.11 Å². The Morgan fingerprint density at radius 1 is 1.30 bits per heavy atom. The van der Waals surface area contributed by atoms with Crippen LogP contribution in [-0.4, -0.2) is 42.0 Å². The summed E-state index contributed by atoms with van der Waals surface area (Å²) in [5, 5.41) is 11.1. The molecule has 1 aliphatic heterocycles. The van der Waals surface area contributed by atoms with Gasteiger partial charge in [0.25, 0.3) is 0 Å². The number of hydrogen-bond donors (Lipinski definition) is 1. The summed E-state index contributed by atoms with van der Waals surface area (Å²) in [6, 6.07) is 4.51. The van der Waals surface area contributed by atoms with Crippen LogP contribution in [-0.2, 0) is 16.6 Å². The van der Waals surface area contributed by atoms with Gasteiger partial charge in [-0.25, -0.2) is 0 Å². The highest BCUT2D eigenvalue weighted by Gasteiger charge is 2.60. The third-order valence-electron chi connectivity index (χ3n) is 8.28. The predicted octanol–water partition coefficient (Wildman–Crippen LogP) is 3.54. The molecule has 5 atom stereocenters. The Balaban J connectivity index is 1.67. The van der Waals surface area contributed by atoms with E-state index in [1.165, 1.54) is 24.9 Å². The minimum Gasteiger partial charge on any atom is -0.504 e. The van der Waals surface area contributed by atoms with Crippen LogP contribution in [0.5, 0.6) is 11.5 Å². The highest BCUT2D eigenvalue weighted by molar-refractivity contribution is 5.84. The number of aromatic hydroxyl groups is 1. The fourth-order valence-corrected chi connectivity index (χ4v) is 6.63. The Morgan fingerprint density at radius 3 is 2.78 bits per heavy atom. The monoisotopic (exact) mass is 369 g/mol. The van der Waals surface area contributed by atoms with Gasteiger partial charge in [-0.1, -0.05) is 19.9 Å². The number of carbonyl (C=O) groups is 1. The summed E-state index contributed by atoms with van der Waals surface area (Å²) in [7, 11) is 1.61. The number of piperidine rings is 1. The van der Waals surface area contributed by atoms with Crippen LogP contribution in [0.25, 0.3) is 0 Å². The Hall–Kier alpha value is -1.55. The van der Waals surface area contributed by atoms with Crippen LogP contribution < -0.4 is 4.74 Å². The zero-order valence-electron chi connectivity index (χ0n) is 16.7. The van der Waals surface area contributed by atoms with Gasteiger partial charge in [0, 0.05) is 35.9 Å². The predicted molar refractivity (Wildman–Crippen MR) is 104 cm³/mol. The van der Waals surface area contributed by atoms with Gasteiger partial charge in [-0.3, -0.25) is 9.69 Å². The second-order valence-corrected chi connectivity index (χ2v) is 9.58. The van der Waals surface area contributed by atoms with Crippen molar-refractivity contribution in [1.82, 2.24) is 4.90 Å². The Labute approximate surface area is 161 Å². The minimum atomic E-state index is -0.222. The summed E-state index contributed by atoms with van der Waals surface area (Å²) in [6.45, 7) is 6.64. The van der Waals surface area contributed by atoms with E-state index in [1.807, 2.05) is 6.07 Å². The lowest BCUT2D eigenvalue weighted by atomic mass is 9.47. The molecular formula is C23H31NO3. The van der Waals surface area contributed by atoms with Gasteiger partial charge >= 0.3 is 0 Å². The molecule has 4 nitrogen and oxygen atoms in total. The molecule has 4 unspecified atom stereocenters. The number of ether oxygens (including phenoxy) is 1. The molecule has 1 saturated heterocycles. The number of phenols is 1. The Kier molecular flexibility index (Phi) is 3.88. The summed E-state index contributed by atoms with van der Waals surface area (Å²) in [6.07, 6.45) is 5.27. The number of rotatable bonds is 3. The number of carbonyl (C=O) groups excluding carboxylic acids is 1. The van der Waals surface area contributed by atoms with Crippen molar-refractivity contribution in [2.24, 2.45) is 23.7 Å². The van der Waals surface area contributed by atoms with Gasteiger partial charge in [-0.2, -0.15) is 0 Å². The maximum absolute atomic E-state index is 13.0. The number of phenolic OH excluding ortho intramolecular Hbond substituents is 1. The molecule has 146 valence electrons. The topological polar surface area (TPSA) is 49.8 Å². The van der Waals surface area contributed by atoms with E-state index in [-0.39, 0.29) is 17.1 Å². The van der Waals surface area contributed by atoms with Crippen LogP contribution in [0.15, 0.2) is 12.1 Å². The van der Waals surface area contributed by atoms with Crippen LogP contribution in [0, 0.1) is 23.7 Å². The quantitative estimate of drug-likeness (QED) is 0.885. The molecule has 5 rings (SSSR count). The minimum absolute atomic E-state index is 0.112. The molecule has 0 spiro atoms. The van der Waals surface area contributed by atoms with Gasteiger partial charge in [0.2, 0.25) is 0 Å². The molecule has 1 aromatic carbocycles. The molecular weight excluding hydrogens is 338 g/mol. The van der Waals surface area contributed by atoms with Crippen LogP contribution in [0.4, 0.5) is 0 Å². The molecule has 2 bridgehead atoms. The summed E-state index contributed by atoms with van der Waals surface area (Å²) < 4.78 is 5.44. The fraction of sp³-hybridized carbons (Fsp3) is 0.696.